The van der Waals surface area contributed by atoms with Crippen LogP contribution in [0.2, 0.25) is 10.0 Å². The van der Waals surface area contributed by atoms with Crippen LogP contribution in [0.5, 0.6) is 11.5 Å². The molecule has 0 fully saturated rings. The maximum absolute atomic E-state index is 6.52. The van der Waals surface area contributed by atoms with Crippen molar-refractivity contribution in [3.63, 3.8) is 0 Å². The molecule has 3 aromatic rings. The van der Waals surface area contributed by atoms with Crippen molar-refractivity contribution in [3.8, 4) is 11.5 Å². The van der Waals surface area contributed by atoms with Gasteiger partial charge in [-0.15, -0.1) is 0 Å². The molecule has 0 radical (unpaired) electrons. The molecule has 29 heavy (non-hydrogen) atoms. The van der Waals surface area contributed by atoms with Gasteiger partial charge in [-0.1, -0.05) is 65.2 Å². The Kier molecular flexibility index (Phi) is 7.82. The summed E-state index contributed by atoms with van der Waals surface area (Å²) in [7, 11) is 0. The minimum absolute atomic E-state index is 0.391. The average Bonchev–Trinajstić information content (AvgIpc) is 2.70. The molecule has 0 aromatic heterocycles. The number of nitrogens with one attached hydrogen (secondary N) is 1. The molecular weight excluding hydrogens is 405 g/mol. The summed E-state index contributed by atoms with van der Waals surface area (Å²) in [6, 6.07) is 19.9. The van der Waals surface area contributed by atoms with E-state index in [-0.39, 0.29) is 0 Å². The molecule has 152 valence electrons. The monoisotopic (exact) mass is 429 g/mol. The quantitative estimate of drug-likeness (QED) is 0.417. The van der Waals surface area contributed by atoms with Gasteiger partial charge >= 0.3 is 0 Å². The topological polar surface area (TPSA) is 30.5 Å². The first-order valence-electron chi connectivity index (χ1n) is 9.64. The number of aryl methyl sites for hydroxylation is 1. The van der Waals surface area contributed by atoms with Crippen molar-refractivity contribution in [1.29, 1.82) is 0 Å². The van der Waals surface area contributed by atoms with E-state index >= 15 is 0 Å². The fourth-order valence-corrected chi connectivity index (χ4v) is 3.33. The maximum Gasteiger partial charge on any atom is 0.180 e. The van der Waals surface area contributed by atoms with E-state index in [1.807, 2.05) is 43.3 Å². The second-order valence-electron chi connectivity index (χ2n) is 6.84. The first-order chi connectivity index (χ1) is 14.0. The summed E-state index contributed by atoms with van der Waals surface area (Å²) in [4.78, 5) is 0. The minimum Gasteiger partial charge on any atom is -0.490 e. The first kappa shape index (κ1) is 21.5. The predicted molar refractivity (Wildman–Crippen MR) is 120 cm³/mol. The van der Waals surface area contributed by atoms with E-state index in [2.05, 4.69) is 36.5 Å². The molecule has 0 amide bonds. The van der Waals surface area contributed by atoms with Crippen LogP contribution in [0, 0.1) is 6.92 Å². The van der Waals surface area contributed by atoms with Gasteiger partial charge in [0.1, 0.15) is 6.61 Å². The highest BCUT2D eigenvalue weighted by molar-refractivity contribution is 6.32. The smallest absolute Gasteiger partial charge is 0.180 e. The predicted octanol–water partition coefficient (Wildman–Crippen LogP) is 6.57. The lowest BCUT2D eigenvalue weighted by molar-refractivity contribution is 0.269. The van der Waals surface area contributed by atoms with Gasteiger partial charge in [-0.2, -0.15) is 0 Å². The number of hydrogen-bond acceptors (Lipinski definition) is 3. The second-order valence-corrected chi connectivity index (χ2v) is 7.69. The van der Waals surface area contributed by atoms with Gasteiger partial charge in [0.15, 0.2) is 11.5 Å². The molecule has 0 atom stereocenters. The Morgan fingerprint density at radius 1 is 0.793 bits per heavy atom. The van der Waals surface area contributed by atoms with Crippen molar-refractivity contribution in [2.75, 3.05) is 6.61 Å². The van der Waals surface area contributed by atoms with Crippen molar-refractivity contribution in [3.05, 3.63) is 93.0 Å². The van der Waals surface area contributed by atoms with Crippen LogP contribution in [0.15, 0.2) is 60.7 Å². The van der Waals surface area contributed by atoms with Crippen LogP contribution >= 0.6 is 23.2 Å². The average molecular weight is 430 g/mol. The number of ether oxygens (including phenoxy) is 2. The van der Waals surface area contributed by atoms with Crippen LogP contribution in [0.25, 0.3) is 0 Å². The zero-order valence-electron chi connectivity index (χ0n) is 16.7. The van der Waals surface area contributed by atoms with Crippen LogP contribution in [0.3, 0.4) is 0 Å². The third-order valence-corrected chi connectivity index (χ3v) is 4.98. The molecule has 0 saturated carbocycles. The molecule has 0 aliphatic heterocycles. The van der Waals surface area contributed by atoms with E-state index < -0.39 is 0 Å². The van der Waals surface area contributed by atoms with Gasteiger partial charge in [-0.3, -0.25) is 0 Å². The molecule has 0 heterocycles. The molecule has 0 aliphatic carbocycles. The summed E-state index contributed by atoms with van der Waals surface area (Å²) < 4.78 is 11.8. The number of benzene rings is 3. The Hall–Kier alpha value is -2.20. The van der Waals surface area contributed by atoms with E-state index in [4.69, 9.17) is 32.7 Å². The normalized spacial score (nSPS) is 10.8. The lowest BCUT2D eigenvalue weighted by Crippen LogP contribution is -2.13. The van der Waals surface area contributed by atoms with Crippen molar-refractivity contribution in [1.82, 2.24) is 5.32 Å². The van der Waals surface area contributed by atoms with Gasteiger partial charge in [0.25, 0.3) is 0 Å². The Labute approximate surface area is 182 Å². The Bertz CT molecular complexity index is 925. The van der Waals surface area contributed by atoms with Crippen molar-refractivity contribution in [2.24, 2.45) is 0 Å². The summed E-state index contributed by atoms with van der Waals surface area (Å²) in [6.45, 7) is 6.43. The third-order valence-electron chi connectivity index (χ3n) is 4.44. The van der Waals surface area contributed by atoms with Crippen molar-refractivity contribution in [2.45, 2.75) is 33.5 Å². The van der Waals surface area contributed by atoms with Crippen LogP contribution in [0.1, 0.15) is 29.2 Å². The standard InChI is InChI=1S/C24H25Cl2NO2/c1-3-28-23-13-20(15-27-14-18-6-4-17(2)5-7-18)12-22(26)24(23)29-16-19-8-10-21(25)11-9-19/h4-13,27H,3,14-16H2,1-2H3. The lowest BCUT2D eigenvalue weighted by Gasteiger charge is -2.16. The van der Waals surface area contributed by atoms with E-state index in [9.17, 15) is 0 Å². The molecule has 1 N–H and O–H groups in total. The van der Waals surface area contributed by atoms with E-state index in [0.717, 1.165) is 17.7 Å². The largest absolute Gasteiger partial charge is 0.490 e. The Morgan fingerprint density at radius 2 is 1.45 bits per heavy atom. The Morgan fingerprint density at radius 3 is 2.14 bits per heavy atom. The highest BCUT2D eigenvalue weighted by Gasteiger charge is 2.13. The van der Waals surface area contributed by atoms with Crippen LogP contribution in [-0.2, 0) is 19.7 Å². The van der Waals surface area contributed by atoms with Gasteiger partial charge in [-0.05, 0) is 54.8 Å². The van der Waals surface area contributed by atoms with Gasteiger partial charge < -0.3 is 14.8 Å². The zero-order chi connectivity index (χ0) is 20.6. The van der Waals surface area contributed by atoms with Gasteiger partial charge in [0, 0.05) is 18.1 Å². The van der Waals surface area contributed by atoms with Gasteiger partial charge in [0.2, 0.25) is 0 Å². The number of rotatable bonds is 9. The maximum atomic E-state index is 6.52. The second kappa shape index (κ2) is 10.5. The summed E-state index contributed by atoms with van der Waals surface area (Å²) in [6.07, 6.45) is 0. The van der Waals surface area contributed by atoms with E-state index in [1.54, 1.807) is 0 Å². The van der Waals surface area contributed by atoms with Crippen molar-refractivity contribution < 1.29 is 9.47 Å². The molecule has 3 aromatic carbocycles. The highest BCUT2D eigenvalue weighted by Crippen LogP contribution is 2.37. The molecule has 0 unspecified atom stereocenters. The summed E-state index contributed by atoms with van der Waals surface area (Å²) in [5.41, 5.74) is 4.56. The van der Waals surface area contributed by atoms with Gasteiger partial charge in [0.05, 0.1) is 11.6 Å². The highest BCUT2D eigenvalue weighted by atomic mass is 35.5. The molecule has 3 rings (SSSR count). The van der Waals surface area contributed by atoms with Crippen LogP contribution in [-0.4, -0.2) is 6.61 Å². The summed E-state index contributed by atoms with van der Waals surface area (Å²) in [5.74, 6) is 1.21. The molecule has 0 bridgehead atoms. The van der Waals surface area contributed by atoms with E-state index in [0.29, 0.717) is 41.3 Å². The zero-order valence-corrected chi connectivity index (χ0v) is 18.2. The molecule has 0 aliphatic rings. The first-order valence-corrected chi connectivity index (χ1v) is 10.4. The summed E-state index contributed by atoms with van der Waals surface area (Å²) in [5, 5.41) is 4.69. The third kappa shape index (κ3) is 6.40. The summed E-state index contributed by atoms with van der Waals surface area (Å²) >= 11 is 12.5. The molecule has 5 heteroatoms. The number of hydrogen-bond donors (Lipinski definition) is 1. The number of halogens is 2. The van der Waals surface area contributed by atoms with Crippen LogP contribution < -0.4 is 14.8 Å². The fraction of sp³-hybridized carbons (Fsp3) is 0.250. The van der Waals surface area contributed by atoms with Gasteiger partial charge in [-0.25, -0.2) is 0 Å². The lowest BCUT2D eigenvalue weighted by atomic mass is 10.1. The van der Waals surface area contributed by atoms with E-state index in [1.165, 1.54) is 11.1 Å². The minimum atomic E-state index is 0.391. The Balaban J connectivity index is 1.66. The van der Waals surface area contributed by atoms with Crippen LogP contribution in [0.4, 0.5) is 0 Å². The fourth-order valence-electron chi connectivity index (χ4n) is 2.92. The molecular formula is C24H25Cl2NO2. The SMILES string of the molecule is CCOc1cc(CNCc2ccc(C)cc2)cc(Cl)c1OCc1ccc(Cl)cc1. The van der Waals surface area contributed by atoms with Crippen molar-refractivity contribution >= 4 is 23.2 Å². The molecule has 0 spiro atoms. The molecule has 3 nitrogen and oxygen atoms in total. The molecule has 0 saturated heterocycles.